The molecule has 0 saturated heterocycles. The second kappa shape index (κ2) is 12.9. The van der Waals surface area contributed by atoms with Crippen LogP contribution < -0.4 is 0 Å². The lowest BCUT2D eigenvalue weighted by atomic mass is 9.90. The first-order valence-corrected chi connectivity index (χ1v) is 11.3. The maximum Gasteiger partial charge on any atom is 0.338 e. The monoisotopic (exact) mass is 452 g/mol. The van der Waals surface area contributed by atoms with Gasteiger partial charge in [-0.2, -0.15) is 0 Å². The van der Waals surface area contributed by atoms with Crippen molar-refractivity contribution in [2.45, 2.75) is 44.8 Å². The van der Waals surface area contributed by atoms with Gasteiger partial charge >= 0.3 is 11.9 Å². The van der Waals surface area contributed by atoms with Crippen molar-refractivity contribution < 1.29 is 28.5 Å². The van der Waals surface area contributed by atoms with E-state index >= 15 is 0 Å². The van der Waals surface area contributed by atoms with Gasteiger partial charge in [0.2, 0.25) is 0 Å². The molecule has 1 aliphatic rings. The summed E-state index contributed by atoms with van der Waals surface area (Å²) in [5, 5.41) is 0. The minimum atomic E-state index is -0.392. The fourth-order valence-electron chi connectivity index (χ4n) is 3.91. The molecule has 33 heavy (non-hydrogen) atoms. The van der Waals surface area contributed by atoms with Crippen LogP contribution in [0.15, 0.2) is 71.8 Å². The van der Waals surface area contributed by atoms with E-state index in [1.165, 1.54) is 12.7 Å². The van der Waals surface area contributed by atoms with Gasteiger partial charge in [-0.3, -0.25) is 0 Å². The Morgan fingerprint density at radius 3 is 2.36 bits per heavy atom. The third-order valence-corrected chi connectivity index (χ3v) is 5.64. The molecule has 0 fully saturated rings. The van der Waals surface area contributed by atoms with Crippen molar-refractivity contribution in [2.75, 3.05) is 26.9 Å². The smallest absolute Gasteiger partial charge is 0.338 e. The van der Waals surface area contributed by atoms with Crippen molar-refractivity contribution in [1.29, 1.82) is 0 Å². The molecule has 0 bridgehead atoms. The first kappa shape index (κ1) is 24.7. The molecule has 176 valence electrons. The van der Waals surface area contributed by atoms with Crippen LogP contribution in [0.3, 0.4) is 0 Å². The third kappa shape index (κ3) is 7.55. The summed E-state index contributed by atoms with van der Waals surface area (Å²) < 4.78 is 22.1. The van der Waals surface area contributed by atoms with E-state index in [9.17, 15) is 9.59 Å². The average molecular weight is 453 g/mol. The van der Waals surface area contributed by atoms with E-state index in [0.717, 1.165) is 36.8 Å². The Morgan fingerprint density at radius 1 is 0.970 bits per heavy atom. The number of hydrogen-bond acceptors (Lipinski definition) is 6. The fraction of sp³-hybridized carbons (Fsp3) is 0.407. The lowest BCUT2D eigenvalue weighted by Crippen LogP contribution is -2.28. The minimum Gasteiger partial charge on any atom is -0.462 e. The highest BCUT2D eigenvalue weighted by molar-refractivity contribution is 5.89. The second-order valence-electron chi connectivity index (χ2n) is 8.15. The molecule has 0 saturated carbocycles. The molecule has 0 amide bonds. The quantitative estimate of drug-likeness (QED) is 0.270. The van der Waals surface area contributed by atoms with Gasteiger partial charge in [0.15, 0.2) is 0 Å². The average Bonchev–Trinajstić information content (AvgIpc) is 2.84. The first-order valence-electron chi connectivity index (χ1n) is 11.3. The first-order chi connectivity index (χ1) is 16.1. The van der Waals surface area contributed by atoms with E-state index < -0.39 is 5.97 Å². The molecule has 1 aliphatic heterocycles. The summed E-state index contributed by atoms with van der Waals surface area (Å²) in [5.41, 5.74) is 3.77. The van der Waals surface area contributed by atoms with Gasteiger partial charge in [0, 0.05) is 7.11 Å². The Kier molecular flexibility index (Phi) is 9.66. The Labute approximate surface area is 195 Å². The summed E-state index contributed by atoms with van der Waals surface area (Å²) >= 11 is 0. The summed E-state index contributed by atoms with van der Waals surface area (Å²) in [6, 6.07) is 19.0. The van der Waals surface area contributed by atoms with Gasteiger partial charge in [0.1, 0.15) is 19.3 Å². The van der Waals surface area contributed by atoms with Crippen LogP contribution in [-0.2, 0) is 23.7 Å². The highest BCUT2D eigenvalue weighted by Gasteiger charge is 2.29. The molecule has 0 spiro atoms. The number of carbonyl (C=O) groups excluding carboxylic acids is 2. The summed E-state index contributed by atoms with van der Waals surface area (Å²) in [6.07, 6.45) is 3.11. The van der Waals surface area contributed by atoms with Crippen LogP contribution in [0.1, 0.15) is 54.6 Å². The van der Waals surface area contributed by atoms with Crippen molar-refractivity contribution in [3.05, 3.63) is 82.9 Å². The largest absolute Gasteiger partial charge is 0.462 e. The van der Waals surface area contributed by atoms with E-state index in [1.807, 2.05) is 48.5 Å². The molecule has 1 unspecified atom stereocenters. The molecule has 2 aromatic rings. The Hall–Kier alpha value is -2.96. The maximum absolute atomic E-state index is 12.0. The van der Waals surface area contributed by atoms with Gasteiger partial charge < -0.3 is 18.9 Å². The van der Waals surface area contributed by atoms with Gasteiger partial charge in [0.25, 0.3) is 0 Å². The third-order valence-electron chi connectivity index (χ3n) is 5.64. The molecule has 3 rings (SSSR count). The van der Waals surface area contributed by atoms with Crippen molar-refractivity contribution in [2.24, 2.45) is 0 Å². The second-order valence-corrected chi connectivity index (χ2v) is 8.15. The number of unbranched alkanes of at least 4 members (excludes halogenated alkanes) is 1. The zero-order valence-electron chi connectivity index (χ0n) is 19.3. The van der Waals surface area contributed by atoms with Crippen LogP contribution in [0.25, 0.3) is 0 Å². The number of esters is 2. The molecule has 6 heteroatoms. The molecule has 2 atom stereocenters. The standard InChI is InChI=1S/C27H32O6/c1-20-17-23(15-9-10-16-31-27(29)22-13-7-4-8-14-22)33-26(21-11-5-3-6-12-21)24(20)18-32-25(28)19-30-2/h3-8,11-14,23,26H,9-10,15-19H2,1-2H3/t23?,26-/m0/s1. The van der Waals surface area contributed by atoms with Crippen LogP contribution in [0.4, 0.5) is 0 Å². The molecule has 0 N–H and O–H groups in total. The molecule has 2 aromatic carbocycles. The van der Waals surface area contributed by atoms with Crippen LogP contribution in [0.2, 0.25) is 0 Å². The SMILES string of the molecule is COCC(=O)OCC1=C(C)CC(CCCCOC(=O)c2ccccc2)O[C@H]1c1ccccc1. The van der Waals surface area contributed by atoms with Crippen molar-refractivity contribution in [3.63, 3.8) is 0 Å². The van der Waals surface area contributed by atoms with Crippen LogP contribution in [0.5, 0.6) is 0 Å². The summed E-state index contributed by atoms with van der Waals surface area (Å²) in [4.78, 5) is 23.8. The molecule has 0 aromatic heterocycles. The van der Waals surface area contributed by atoms with E-state index in [-0.39, 0.29) is 31.4 Å². The van der Waals surface area contributed by atoms with Gasteiger partial charge in [0.05, 0.1) is 18.3 Å². The van der Waals surface area contributed by atoms with E-state index in [4.69, 9.17) is 18.9 Å². The number of ether oxygens (including phenoxy) is 4. The topological polar surface area (TPSA) is 71.1 Å². The normalized spacial score (nSPS) is 18.1. The van der Waals surface area contributed by atoms with Gasteiger partial charge in [-0.1, -0.05) is 54.1 Å². The number of rotatable bonds is 11. The Bertz CT molecular complexity index is 922. The zero-order valence-corrected chi connectivity index (χ0v) is 19.3. The molecule has 1 heterocycles. The number of benzene rings is 2. The van der Waals surface area contributed by atoms with Crippen LogP contribution in [0, 0.1) is 0 Å². The maximum atomic E-state index is 12.0. The Balaban J connectivity index is 1.53. The molecule has 0 aliphatic carbocycles. The van der Waals surface area contributed by atoms with Gasteiger partial charge in [-0.05, 0) is 55.9 Å². The molecular weight excluding hydrogens is 420 g/mol. The molecule has 0 radical (unpaired) electrons. The predicted octanol–water partition coefficient (Wildman–Crippen LogP) is 5.05. The number of hydrogen-bond donors (Lipinski definition) is 0. The lowest BCUT2D eigenvalue weighted by molar-refractivity contribution is -0.147. The fourth-order valence-corrected chi connectivity index (χ4v) is 3.91. The predicted molar refractivity (Wildman–Crippen MR) is 125 cm³/mol. The molecular formula is C27H32O6. The highest BCUT2D eigenvalue weighted by Crippen LogP contribution is 2.37. The number of carbonyl (C=O) groups is 2. The summed E-state index contributed by atoms with van der Waals surface area (Å²) in [7, 11) is 1.47. The summed E-state index contributed by atoms with van der Waals surface area (Å²) in [6.45, 7) is 2.58. The van der Waals surface area contributed by atoms with Crippen molar-refractivity contribution in [1.82, 2.24) is 0 Å². The van der Waals surface area contributed by atoms with Crippen molar-refractivity contribution in [3.8, 4) is 0 Å². The van der Waals surface area contributed by atoms with E-state index in [0.29, 0.717) is 12.2 Å². The number of methoxy groups -OCH3 is 1. The van der Waals surface area contributed by atoms with Gasteiger partial charge in [-0.25, -0.2) is 9.59 Å². The van der Waals surface area contributed by atoms with E-state index in [1.54, 1.807) is 12.1 Å². The van der Waals surface area contributed by atoms with E-state index in [2.05, 4.69) is 6.92 Å². The minimum absolute atomic E-state index is 0.0541. The van der Waals surface area contributed by atoms with Crippen LogP contribution in [-0.4, -0.2) is 45.0 Å². The Morgan fingerprint density at radius 2 is 1.67 bits per heavy atom. The summed E-state index contributed by atoms with van der Waals surface area (Å²) in [5.74, 6) is -0.683. The van der Waals surface area contributed by atoms with Crippen LogP contribution >= 0.6 is 0 Å². The van der Waals surface area contributed by atoms with Gasteiger partial charge in [-0.15, -0.1) is 0 Å². The lowest BCUT2D eigenvalue weighted by Gasteiger charge is -2.34. The van der Waals surface area contributed by atoms with Crippen molar-refractivity contribution >= 4 is 11.9 Å². The zero-order chi connectivity index (χ0) is 23.5. The highest BCUT2D eigenvalue weighted by atomic mass is 16.6. The molecule has 6 nitrogen and oxygen atoms in total.